The molecular formula is C9H18N2O2. The van der Waals surface area contributed by atoms with Crippen LogP contribution in [0.2, 0.25) is 0 Å². The zero-order valence-electron chi connectivity index (χ0n) is 8.21. The van der Waals surface area contributed by atoms with Crippen LogP contribution in [0.15, 0.2) is 0 Å². The summed E-state index contributed by atoms with van der Waals surface area (Å²) in [6, 6.07) is 0. The molecule has 0 atom stereocenters. The van der Waals surface area contributed by atoms with Gasteiger partial charge in [-0.25, -0.2) is 0 Å². The van der Waals surface area contributed by atoms with Crippen LogP contribution in [0.5, 0.6) is 0 Å². The largest absolute Gasteiger partial charge is 0.466 e. The van der Waals surface area contributed by atoms with Crippen molar-refractivity contribution in [1.29, 1.82) is 0 Å². The van der Waals surface area contributed by atoms with Crippen molar-refractivity contribution in [2.45, 2.75) is 19.8 Å². The molecule has 0 saturated carbocycles. The Morgan fingerprint density at radius 1 is 1.62 bits per heavy atom. The number of hydrogen-bond donors (Lipinski definition) is 1. The lowest BCUT2D eigenvalue weighted by atomic mass is 10.3. The molecule has 0 spiro atoms. The fourth-order valence-corrected chi connectivity index (χ4v) is 1.42. The van der Waals surface area contributed by atoms with Gasteiger partial charge in [-0.2, -0.15) is 0 Å². The summed E-state index contributed by atoms with van der Waals surface area (Å²) >= 11 is 0. The molecular weight excluding hydrogens is 168 g/mol. The minimum atomic E-state index is -0.0744. The topological polar surface area (TPSA) is 41.6 Å². The first-order valence-electron chi connectivity index (χ1n) is 4.91. The van der Waals surface area contributed by atoms with Gasteiger partial charge in [-0.05, 0) is 19.9 Å². The Morgan fingerprint density at radius 3 is 3.08 bits per heavy atom. The quantitative estimate of drug-likeness (QED) is 0.622. The standard InChI is InChI=1S/C9H18N2O2/c1-2-13-9(12)4-3-6-11-7-5-10-8-11/h10H,2-8H2,1H3. The number of rotatable bonds is 5. The summed E-state index contributed by atoms with van der Waals surface area (Å²) in [5.74, 6) is -0.0744. The van der Waals surface area contributed by atoms with Crippen LogP contribution in [0.3, 0.4) is 0 Å². The lowest BCUT2D eigenvalue weighted by Gasteiger charge is -2.12. The average Bonchev–Trinajstić information content (AvgIpc) is 2.57. The first-order chi connectivity index (χ1) is 6.33. The molecule has 4 nitrogen and oxygen atoms in total. The summed E-state index contributed by atoms with van der Waals surface area (Å²) in [7, 11) is 0. The van der Waals surface area contributed by atoms with Gasteiger partial charge >= 0.3 is 5.97 Å². The molecule has 1 aliphatic rings. The van der Waals surface area contributed by atoms with Crippen molar-refractivity contribution in [1.82, 2.24) is 10.2 Å². The van der Waals surface area contributed by atoms with E-state index >= 15 is 0 Å². The number of carbonyl (C=O) groups is 1. The fraction of sp³-hybridized carbons (Fsp3) is 0.889. The zero-order valence-corrected chi connectivity index (χ0v) is 8.21. The SMILES string of the molecule is CCOC(=O)CCCN1CCNC1. The molecule has 1 N–H and O–H groups in total. The number of nitrogens with zero attached hydrogens (tertiary/aromatic N) is 1. The van der Waals surface area contributed by atoms with Crippen LogP contribution in [0.4, 0.5) is 0 Å². The first-order valence-corrected chi connectivity index (χ1v) is 4.91. The smallest absolute Gasteiger partial charge is 0.305 e. The summed E-state index contributed by atoms with van der Waals surface area (Å²) in [4.78, 5) is 13.3. The van der Waals surface area contributed by atoms with Gasteiger partial charge in [0.1, 0.15) is 0 Å². The van der Waals surface area contributed by atoms with Crippen LogP contribution in [0, 0.1) is 0 Å². The van der Waals surface area contributed by atoms with E-state index in [2.05, 4.69) is 10.2 Å². The van der Waals surface area contributed by atoms with E-state index in [-0.39, 0.29) is 5.97 Å². The van der Waals surface area contributed by atoms with Gasteiger partial charge in [0.2, 0.25) is 0 Å². The van der Waals surface area contributed by atoms with E-state index in [1.54, 1.807) is 0 Å². The van der Waals surface area contributed by atoms with Crippen LogP contribution in [-0.4, -0.2) is 43.8 Å². The van der Waals surface area contributed by atoms with E-state index in [0.29, 0.717) is 13.0 Å². The van der Waals surface area contributed by atoms with Crippen molar-refractivity contribution >= 4 is 5.97 Å². The molecule has 1 saturated heterocycles. The maximum Gasteiger partial charge on any atom is 0.305 e. The van der Waals surface area contributed by atoms with Crippen LogP contribution in [0.25, 0.3) is 0 Å². The number of nitrogens with one attached hydrogen (secondary N) is 1. The second-order valence-corrected chi connectivity index (χ2v) is 3.18. The van der Waals surface area contributed by atoms with Gasteiger partial charge in [0.25, 0.3) is 0 Å². The Labute approximate surface area is 79.2 Å². The average molecular weight is 186 g/mol. The summed E-state index contributed by atoms with van der Waals surface area (Å²) < 4.78 is 4.83. The number of carbonyl (C=O) groups excluding carboxylic acids is 1. The van der Waals surface area contributed by atoms with Gasteiger partial charge in [0.05, 0.1) is 6.61 Å². The molecule has 0 unspecified atom stereocenters. The molecule has 1 heterocycles. The van der Waals surface area contributed by atoms with E-state index in [0.717, 1.165) is 32.7 Å². The summed E-state index contributed by atoms with van der Waals surface area (Å²) in [5, 5.41) is 3.25. The predicted octanol–water partition coefficient (Wildman–Crippen LogP) is 0.192. The Hall–Kier alpha value is -0.610. The second kappa shape index (κ2) is 5.94. The molecule has 0 aromatic heterocycles. The maximum absolute atomic E-state index is 11.0. The van der Waals surface area contributed by atoms with Crippen LogP contribution in [-0.2, 0) is 9.53 Å². The minimum absolute atomic E-state index is 0.0744. The van der Waals surface area contributed by atoms with E-state index in [1.807, 2.05) is 6.92 Å². The number of esters is 1. The lowest BCUT2D eigenvalue weighted by Crippen LogP contribution is -2.23. The van der Waals surface area contributed by atoms with Gasteiger partial charge in [-0.1, -0.05) is 0 Å². The Kier molecular flexibility index (Phi) is 4.78. The van der Waals surface area contributed by atoms with Gasteiger partial charge < -0.3 is 10.1 Å². The third kappa shape index (κ3) is 4.24. The number of hydrogen-bond acceptors (Lipinski definition) is 4. The Bertz CT molecular complexity index is 156. The highest BCUT2D eigenvalue weighted by Gasteiger charge is 2.10. The van der Waals surface area contributed by atoms with E-state index in [9.17, 15) is 4.79 Å². The minimum Gasteiger partial charge on any atom is -0.466 e. The lowest BCUT2D eigenvalue weighted by molar-refractivity contribution is -0.143. The van der Waals surface area contributed by atoms with Gasteiger partial charge in [0.15, 0.2) is 0 Å². The Balaban J connectivity index is 1.96. The third-order valence-corrected chi connectivity index (χ3v) is 2.10. The van der Waals surface area contributed by atoms with E-state index in [4.69, 9.17) is 4.74 Å². The summed E-state index contributed by atoms with van der Waals surface area (Å²) in [5.41, 5.74) is 0. The highest BCUT2D eigenvalue weighted by Crippen LogP contribution is 1.98. The van der Waals surface area contributed by atoms with Gasteiger partial charge in [-0.15, -0.1) is 0 Å². The summed E-state index contributed by atoms with van der Waals surface area (Å²) in [6.07, 6.45) is 1.45. The van der Waals surface area contributed by atoms with E-state index < -0.39 is 0 Å². The van der Waals surface area contributed by atoms with Crippen LogP contribution < -0.4 is 5.32 Å². The van der Waals surface area contributed by atoms with E-state index in [1.165, 1.54) is 0 Å². The molecule has 4 heteroatoms. The fourth-order valence-electron chi connectivity index (χ4n) is 1.42. The molecule has 0 aromatic rings. The monoisotopic (exact) mass is 186 g/mol. The van der Waals surface area contributed by atoms with Crippen molar-refractivity contribution in [2.75, 3.05) is 32.9 Å². The zero-order chi connectivity index (χ0) is 9.52. The van der Waals surface area contributed by atoms with Crippen molar-refractivity contribution in [3.8, 4) is 0 Å². The third-order valence-electron chi connectivity index (χ3n) is 2.10. The van der Waals surface area contributed by atoms with Crippen molar-refractivity contribution in [3.05, 3.63) is 0 Å². The van der Waals surface area contributed by atoms with Gasteiger partial charge in [-0.3, -0.25) is 9.69 Å². The van der Waals surface area contributed by atoms with Crippen LogP contribution >= 0.6 is 0 Å². The molecule has 1 aliphatic heterocycles. The molecule has 0 radical (unpaired) electrons. The molecule has 0 aliphatic carbocycles. The normalized spacial score (nSPS) is 17.6. The van der Waals surface area contributed by atoms with Crippen molar-refractivity contribution in [2.24, 2.45) is 0 Å². The predicted molar refractivity (Wildman–Crippen MR) is 50.3 cm³/mol. The summed E-state index contributed by atoms with van der Waals surface area (Å²) in [6.45, 7) is 6.45. The van der Waals surface area contributed by atoms with Crippen LogP contribution in [0.1, 0.15) is 19.8 Å². The Morgan fingerprint density at radius 2 is 2.46 bits per heavy atom. The molecule has 76 valence electrons. The molecule has 1 rings (SSSR count). The second-order valence-electron chi connectivity index (χ2n) is 3.18. The molecule has 13 heavy (non-hydrogen) atoms. The number of ether oxygens (including phenoxy) is 1. The van der Waals surface area contributed by atoms with Gasteiger partial charge in [0, 0.05) is 26.2 Å². The first kappa shape index (κ1) is 10.5. The molecule has 0 bridgehead atoms. The highest BCUT2D eigenvalue weighted by molar-refractivity contribution is 5.69. The molecule has 1 fully saturated rings. The highest BCUT2D eigenvalue weighted by atomic mass is 16.5. The maximum atomic E-state index is 11.0. The molecule has 0 aromatic carbocycles. The van der Waals surface area contributed by atoms with Crippen molar-refractivity contribution in [3.63, 3.8) is 0 Å². The van der Waals surface area contributed by atoms with Crippen molar-refractivity contribution < 1.29 is 9.53 Å². The molecule has 0 amide bonds.